The molecule has 0 spiro atoms. The number of nitrogens with zero attached hydrogens (tertiary/aromatic N) is 1. The van der Waals surface area contributed by atoms with Gasteiger partial charge in [-0.05, 0) is 36.4 Å². The second-order valence-corrected chi connectivity index (χ2v) is 5.69. The first-order valence-electron chi connectivity index (χ1n) is 8.33. The third-order valence-electron chi connectivity index (χ3n) is 3.98. The van der Waals surface area contributed by atoms with Crippen molar-refractivity contribution in [3.8, 4) is 23.0 Å². The molecule has 9 heteroatoms. The smallest absolute Gasteiger partial charge is 0.387 e. The van der Waals surface area contributed by atoms with Gasteiger partial charge in [0, 0.05) is 17.2 Å². The van der Waals surface area contributed by atoms with Crippen molar-refractivity contribution >= 4 is 17.9 Å². The van der Waals surface area contributed by atoms with Crippen molar-refractivity contribution in [3.05, 3.63) is 53.2 Å². The molecule has 0 fully saturated rings. The maximum atomic E-state index is 12.2. The monoisotopic (exact) mass is 405 g/mol. The minimum Gasteiger partial charge on any atom is -0.496 e. The molecule has 0 aliphatic carbocycles. The predicted octanol–water partition coefficient (Wildman–Crippen LogP) is 3.66. The molecule has 1 aliphatic rings. The van der Waals surface area contributed by atoms with Crippen LogP contribution in [0, 0.1) is 0 Å². The highest BCUT2D eigenvalue weighted by Crippen LogP contribution is 2.36. The summed E-state index contributed by atoms with van der Waals surface area (Å²) >= 11 is 0. The minimum atomic E-state index is -2.92. The van der Waals surface area contributed by atoms with Gasteiger partial charge in [0.25, 0.3) is 0 Å². The van der Waals surface area contributed by atoms with Crippen LogP contribution >= 0.6 is 0 Å². The number of carbonyl (C=O) groups is 1. The third kappa shape index (κ3) is 4.45. The molecular weight excluding hydrogens is 388 g/mol. The average Bonchev–Trinajstić information content (AvgIpc) is 3.08. The molecule has 1 heterocycles. The lowest BCUT2D eigenvalue weighted by Crippen LogP contribution is -2.06. The largest absolute Gasteiger partial charge is 0.496 e. The van der Waals surface area contributed by atoms with Gasteiger partial charge in [-0.2, -0.15) is 8.78 Å². The lowest BCUT2D eigenvalue weighted by molar-refractivity contribution is -0.129. The van der Waals surface area contributed by atoms with Crippen LogP contribution in [-0.4, -0.2) is 39.8 Å². The van der Waals surface area contributed by atoms with E-state index in [1.54, 1.807) is 12.1 Å². The van der Waals surface area contributed by atoms with E-state index in [-0.39, 0.29) is 17.3 Å². The number of alkyl halides is 2. The molecular formula is C20H17F2NO6. The van der Waals surface area contributed by atoms with Crippen LogP contribution in [0.25, 0.3) is 6.08 Å². The number of cyclic esters (lactones) is 1. The van der Waals surface area contributed by atoms with Crippen LogP contribution in [0.4, 0.5) is 8.78 Å². The summed E-state index contributed by atoms with van der Waals surface area (Å²) in [6.45, 7) is -2.92. The van der Waals surface area contributed by atoms with Crippen molar-refractivity contribution in [2.75, 3.05) is 21.3 Å². The summed E-state index contributed by atoms with van der Waals surface area (Å²) in [4.78, 5) is 16.4. The van der Waals surface area contributed by atoms with Gasteiger partial charge < -0.3 is 23.7 Å². The molecule has 0 aromatic heterocycles. The number of ether oxygens (including phenoxy) is 5. The Labute approximate surface area is 165 Å². The Morgan fingerprint density at radius 1 is 0.966 bits per heavy atom. The van der Waals surface area contributed by atoms with Crippen LogP contribution < -0.4 is 18.9 Å². The summed E-state index contributed by atoms with van der Waals surface area (Å²) in [5.41, 5.74) is 1.00. The predicted molar refractivity (Wildman–Crippen MR) is 99.8 cm³/mol. The summed E-state index contributed by atoms with van der Waals surface area (Å²) in [5, 5.41) is 0. The summed E-state index contributed by atoms with van der Waals surface area (Å²) in [6.07, 6.45) is 1.49. The molecule has 0 amide bonds. The van der Waals surface area contributed by atoms with Gasteiger partial charge in [-0.1, -0.05) is 0 Å². The lowest BCUT2D eigenvalue weighted by Gasteiger charge is -2.12. The number of hydrogen-bond acceptors (Lipinski definition) is 7. The van der Waals surface area contributed by atoms with Gasteiger partial charge in [0.1, 0.15) is 11.5 Å². The molecule has 0 bridgehead atoms. The molecule has 0 saturated carbocycles. The zero-order valence-corrected chi connectivity index (χ0v) is 15.8. The molecule has 0 saturated heterocycles. The number of rotatable bonds is 7. The normalized spacial score (nSPS) is 14.6. The van der Waals surface area contributed by atoms with E-state index in [0.717, 1.165) is 0 Å². The first-order valence-corrected chi connectivity index (χ1v) is 8.33. The number of hydrogen-bond donors (Lipinski definition) is 0. The van der Waals surface area contributed by atoms with E-state index < -0.39 is 12.6 Å². The van der Waals surface area contributed by atoms with E-state index in [4.69, 9.17) is 18.9 Å². The first-order chi connectivity index (χ1) is 13.9. The number of esters is 1. The molecule has 1 aliphatic heterocycles. The van der Waals surface area contributed by atoms with Gasteiger partial charge in [0.05, 0.1) is 21.3 Å². The van der Waals surface area contributed by atoms with Gasteiger partial charge in [-0.3, -0.25) is 0 Å². The van der Waals surface area contributed by atoms with Crippen molar-refractivity contribution in [3.63, 3.8) is 0 Å². The molecule has 0 unspecified atom stereocenters. The fourth-order valence-corrected chi connectivity index (χ4v) is 2.62. The van der Waals surface area contributed by atoms with E-state index in [0.29, 0.717) is 28.4 Å². The van der Waals surface area contributed by atoms with E-state index in [9.17, 15) is 13.6 Å². The van der Waals surface area contributed by atoms with Crippen LogP contribution in [0.15, 0.2) is 47.1 Å². The van der Waals surface area contributed by atoms with E-state index in [1.165, 1.54) is 51.7 Å². The Kier molecular flexibility index (Phi) is 5.96. The van der Waals surface area contributed by atoms with Crippen molar-refractivity contribution in [2.24, 2.45) is 4.99 Å². The Morgan fingerprint density at radius 3 is 2.17 bits per heavy atom. The Balaban J connectivity index is 1.92. The van der Waals surface area contributed by atoms with E-state index in [2.05, 4.69) is 9.73 Å². The molecule has 0 atom stereocenters. The summed E-state index contributed by atoms with van der Waals surface area (Å²) in [7, 11) is 4.47. The Hall–Kier alpha value is -3.62. The maximum absolute atomic E-state index is 12.2. The van der Waals surface area contributed by atoms with Crippen molar-refractivity contribution < 1.29 is 37.3 Å². The Morgan fingerprint density at radius 2 is 1.59 bits per heavy atom. The minimum absolute atomic E-state index is 0.0143. The van der Waals surface area contributed by atoms with Crippen molar-refractivity contribution in [1.82, 2.24) is 0 Å². The molecule has 7 nitrogen and oxygen atoms in total. The Bertz CT molecular complexity index is 970. The summed E-state index contributed by atoms with van der Waals surface area (Å²) in [6, 6.07) is 8.85. The van der Waals surface area contributed by atoms with Crippen LogP contribution in [0.1, 0.15) is 11.1 Å². The summed E-state index contributed by atoms with van der Waals surface area (Å²) in [5.74, 6) is 0.731. The molecule has 3 rings (SSSR count). The molecule has 0 radical (unpaired) electrons. The number of benzene rings is 2. The quantitative estimate of drug-likeness (QED) is 0.517. The highest BCUT2D eigenvalue weighted by Gasteiger charge is 2.25. The van der Waals surface area contributed by atoms with Gasteiger partial charge in [0.2, 0.25) is 5.90 Å². The maximum Gasteiger partial charge on any atom is 0.387 e. The molecule has 0 N–H and O–H groups in total. The fourth-order valence-electron chi connectivity index (χ4n) is 2.62. The second kappa shape index (κ2) is 8.59. The van der Waals surface area contributed by atoms with Crippen LogP contribution in [0.5, 0.6) is 23.0 Å². The van der Waals surface area contributed by atoms with Crippen molar-refractivity contribution in [1.29, 1.82) is 0 Å². The highest BCUT2D eigenvalue weighted by molar-refractivity contribution is 6.13. The molecule has 2 aromatic rings. The van der Waals surface area contributed by atoms with E-state index in [1.807, 2.05) is 0 Å². The van der Waals surface area contributed by atoms with Crippen LogP contribution in [-0.2, 0) is 9.53 Å². The van der Waals surface area contributed by atoms with Crippen LogP contribution in [0.3, 0.4) is 0 Å². The highest BCUT2D eigenvalue weighted by atomic mass is 19.3. The number of carbonyl (C=O) groups excluding carboxylic acids is 1. The SMILES string of the molecule is COc1cc(OC)c(OC)cc1/C=C1/N=C(c2ccc(OC(F)F)cc2)OC1=O. The number of methoxy groups -OCH3 is 3. The number of aliphatic imine (C=N–C) groups is 1. The molecule has 29 heavy (non-hydrogen) atoms. The first kappa shape index (κ1) is 20.1. The molecule has 2 aromatic carbocycles. The van der Waals surface area contributed by atoms with Gasteiger partial charge >= 0.3 is 12.6 Å². The second-order valence-electron chi connectivity index (χ2n) is 5.69. The van der Waals surface area contributed by atoms with Gasteiger partial charge in [0.15, 0.2) is 17.2 Å². The topological polar surface area (TPSA) is 75.6 Å². The van der Waals surface area contributed by atoms with Crippen molar-refractivity contribution in [2.45, 2.75) is 6.61 Å². The molecule has 152 valence electrons. The van der Waals surface area contributed by atoms with E-state index >= 15 is 0 Å². The lowest BCUT2D eigenvalue weighted by atomic mass is 10.1. The van der Waals surface area contributed by atoms with Crippen LogP contribution in [0.2, 0.25) is 0 Å². The third-order valence-corrected chi connectivity index (χ3v) is 3.98. The number of halogens is 2. The zero-order chi connectivity index (χ0) is 21.0. The average molecular weight is 405 g/mol. The van der Waals surface area contributed by atoms with Gasteiger partial charge in [-0.15, -0.1) is 0 Å². The van der Waals surface area contributed by atoms with Gasteiger partial charge in [-0.25, -0.2) is 9.79 Å². The zero-order valence-electron chi connectivity index (χ0n) is 15.8. The fraction of sp³-hybridized carbons (Fsp3) is 0.200. The summed E-state index contributed by atoms with van der Waals surface area (Å²) < 4.78 is 49.8. The standard InChI is InChI=1S/C20H17F2NO6/c1-25-15-10-17(27-3)16(26-2)9-12(15)8-14-19(24)29-18(23-14)11-4-6-13(7-5-11)28-20(21)22/h4-10,20H,1-3H3/b14-8+.